The lowest BCUT2D eigenvalue weighted by molar-refractivity contribution is 0.623. The normalized spacial score (nSPS) is 12.7. The molecule has 0 saturated heterocycles. The highest BCUT2D eigenvalue weighted by Crippen LogP contribution is 2.28. The van der Waals surface area contributed by atoms with Crippen LogP contribution in [0.2, 0.25) is 5.02 Å². The van der Waals surface area contributed by atoms with Crippen molar-refractivity contribution in [3.63, 3.8) is 0 Å². The summed E-state index contributed by atoms with van der Waals surface area (Å²) in [7, 11) is 1.89. The fourth-order valence-electron chi connectivity index (χ4n) is 2.13. The van der Waals surface area contributed by atoms with Gasteiger partial charge in [-0.1, -0.05) is 39.7 Å². The molecule has 1 unspecified atom stereocenters. The van der Waals surface area contributed by atoms with Gasteiger partial charge in [0.25, 0.3) is 0 Å². The molecule has 2 rings (SSSR count). The Morgan fingerprint density at radius 2 is 2.00 bits per heavy atom. The Kier molecular flexibility index (Phi) is 4.63. The summed E-state index contributed by atoms with van der Waals surface area (Å²) in [5, 5.41) is 5.82. The van der Waals surface area contributed by atoms with Gasteiger partial charge in [0.2, 0.25) is 0 Å². The molecule has 1 aromatic heterocycles. The first-order valence-corrected chi connectivity index (χ1v) is 7.52. The molecule has 2 nitrogen and oxygen atoms in total. The van der Waals surface area contributed by atoms with Gasteiger partial charge in [-0.3, -0.25) is 4.68 Å². The molecule has 0 radical (unpaired) electrons. The van der Waals surface area contributed by atoms with Crippen molar-refractivity contribution in [2.75, 3.05) is 5.33 Å². The van der Waals surface area contributed by atoms with Gasteiger partial charge in [-0.05, 0) is 37.0 Å². The van der Waals surface area contributed by atoms with Crippen LogP contribution in [0.4, 0.5) is 4.39 Å². The molecule has 0 N–H and O–H groups in total. The molecule has 1 heterocycles. The largest absolute Gasteiger partial charge is 0.271 e. The van der Waals surface area contributed by atoms with Gasteiger partial charge >= 0.3 is 0 Å². The monoisotopic (exact) mass is 344 g/mol. The van der Waals surface area contributed by atoms with Crippen LogP contribution in [0.1, 0.15) is 22.9 Å². The number of rotatable bonds is 4. The van der Waals surface area contributed by atoms with E-state index in [1.807, 2.05) is 30.8 Å². The second-order valence-electron chi connectivity index (χ2n) is 4.58. The first kappa shape index (κ1) is 14.5. The molecule has 1 aromatic carbocycles. The number of alkyl halides is 1. The molecule has 0 fully saturated rings. The summed E-state index contributed by atoms with van der Waals surface area (Å²) in [5.41, 5.74) is 2.94. The van der Waals surface area contributed by atoms with Crippen molar-refractivity contribution >= 4 is 27.5 Å². The Bertz CT molecular complexity index is 566. The van der Waals surface area contributed by atoms with Crippen LogP contribution in [0, 0.1) is 12.7 Å². The molecule has 1 atom stereocenters. The van der Waals surface area contributed by atoms with Crippen molar-refractivity contribution in [3.8, 4) is 0 Å². The predicted molar refractivity (Wildman–Crippen MR) is 79.6 cm³/mol. The number of aryl methyl sites for hydroxylation is 2. The van der Waals surface area contributed by atoms with Crippen LogP contribution in [-0.2, 0) is 13.5 Å². The van der Waals surface area contributed by atoms with Gasteiger partial charge in [-0.25, -0.2) is 4.39 Å². The van der Waals surface area contributed by atoms with Crippen LogP contribution in [-0.4, -0.2) is 15.1 Å². The molecule has 19 heavy (non-hydrogen) atoms. The van der Waals surface area contributed by atoms with Gasteiger partial charge < -0.3 is 0 Å². The summed E-state index contributed by atoms with van der Waals surface area (Å²) < 4.78 is 14.8. The van der Waals surface area contributed by atoms with E-state index in [9.17, 15) is 4.39 Å². The maximum atomic E-state index is 13.0. The zero-order chi connectivity index (χ0) is 14.0. The van der Waals surface area contributed by atoms with E-state index in [2.05, 4.69) is 21.0 Å². The molecule has 0 bridgehead atoms. The minimum absolute atomic E-state index is 0.216. The molecule has 0 aliphatic carbocycles. The second-order valence-corrected chi connectivity index (χ2v) is 5.60. The minimum atomic E-state index is -0.216. The fraction of sp³-hybridized carbons (Fsp3) is 0.357. The lowest BCUT2D eigenvalue weighted by Gasteiger charge is -2.15. The quantitative estimate of drug-likeness (QED) is 0.758. The van der Waals surface area contributed by atoms with E-state index in [4.69, 9.17) is 11.6 Å². The number of hydrogen-bond acceptors (Lipinski definition) is 1. The van der Waals surface area contributed by atoms with Gasteiger partial charge in [0.1, 0.15) is 5.82 Å². The van der Waals surface area contributed by atoms with Crippen molar-refractivity contribution in [2.24, 2.45) is 7.05 Å². The van der Waals surface area contributed by atoms with E-state index in [0.29, 0.717) is 0 Å². The third-order valence-corrected chi connectivity index (χ3v) is 4.50. The molecule has 0 aliphatic heterocycles. The summed E-state index contributed by atoms with van der Waals surface area (Å²) >= 11 is 9.79. The molecule has 0 spiro atoms. The fourth-order valence-corrected chi connectivity index (χ4v) is 2.97. The average molecular weight is 346 g/mol. The SMILES string of the molecule is Cc1nn(C)c(CC(CBr)c2ccc(F)cc2)c1Cl. The van der Waals surface area contributed by atoms with E-state index in [-0.39, 0.29) is 11.7 Å². The summed E-state index contributed by atoms with van der Waals surface area (Å²) in [5.74, 6) is 0.0272. The highest BCUT2D eigenvalue weighted by molar-refractivity contribution is 9.09. The first-order valence-electron chi connectivity index (χ1n) is 6.02. The molecular formula is C14H15BrClFN2. The second kappa shape index (κ2) is 6.06. The summed E-state index contributed by atoms with van der Waals surface area (Å²) in [6.07, 6.45) is 0.771. The number of halogens is 3. The molecule has 5 heteroatoms. The lowest BCUT2D eigenvalue weighted by Crippen LogP contribution is -2.08. The molecule has 0 amide bonds. The number of aromatic nitrogens is 2. The smallest absolute Gasteiger partial charge is 0.123 e. The number of benzene rings is 1. The van der Waals surface area contributed by atoms with Crippen LogP contribution >= 0.6 is 27.5 Å². The van der Waals surface area contributed by atoms with Gasteiger partial charge in [0.05, 0.1) is 16.4 Å². The van der Waals surface area contributed by atoms with Crippen molar-refractivity contribution in [3.05, 3.63) is 52.1 Å². The molecule has 2 aromatic rings. The van der Waals surface area contributed by atoms with E-state index in [0.717, 1.165) is 33.7 Å². The Labute approximate surface area is 125 Å². The van der Waals surface area contributed by atoms with Crippen LogP contribution in [0.15, 0.2) is 24.3 Å². The Morgan fingerprint density at radius 3 is 2.47 bits per heavy atom. The first-order chi connectivity index (χ1) is 9.02. The van der Waals surface area contributed by atoms with Crippen molar-refractivity contribution in [1.82, 2.24) is 9.78 Å². The lowest BCUT2D eigenvalue weighted by atomic mass is 9.96. The van der Waals surface area contributed by atoms with E-state index >= 15 is 0 Å². The minimum Gasteiger partial charge on any atom is -0.271 e. The van der Waals surface area contributed by atoms with E-state index in [1.165, 1.54) is 12.1 Å². The molecule has 0 saturated carbocycles. The third-order valence-electron chi connectivity index (χ3n) is 3.23. The Balaban J connectivity index is 2.26. The summed E-state index contributed by atoms with van der Waals surface area (Å²) in [6, 6.07) is 6.61. The maximum Gasteiger partial charge on any atom is 0.123 e. The molecule has 102 valence electrons. The highest BCUT2D eigenvalue weighted by atomic mass is 79.9. The van der Waals surface area contributed by atoms with Crippen molar-refractivity contribution < 1.29 is 4.39 Å². The average Bonchev–Trinajstić information content (AvgIpc) is 2.63. The van der Waals surface area contributed by atoms with Crippen LogP contribution < -0.4 is 0 Å². The topological polar surface area (TPSA) is 17.8 Å². The van der Waals surface area contributed by atoms with Crippen molar-refractivity contribution in [1.29, 1.82) is 0 Å². The predicted octanol–water partition coefficient (Wildman–Crippen LogP) is 4.24. The van der Waals surface area contributed by atoms with Crippen LogP contribution in [0.25, 0.3) is 0 Å². The molecular weight excluding hydrogens is 331 g/mol. The van der Waals surface area contributed by atoms with E-state index in [1.54, 1.807) is 0 Å². The zero-order valence-corrected chi connectivity index (χ0v) is 13.2. The Morgan fingerprint density at radius 1 is 1.37 bits per heavy atom. The van der Waals surface area contributed by atoms with Crippen LogP contribution in [0.5, 0.6) is 0 Å². The third kappa shape index (κ3) is 3.18. The maximum absolute atomic E-state index is 13.0. The number of nitrogens with zero attached hydrogens (tertiary/aromatic N) is 2. The highest BCUT2D eigenvalue weighted by Gasteiger charge is 2.18. The standard InChI is InChI=1S/C14H15BrClFN2/c1-9-14(16)13(19(2)18-9)7-11(8-15)10-3-5-12(17)6-4-10/h3-6,11H,7-8H2,1-2H3. The Hall–Kier alpha value is -0.870. The van der Waals surface area contributed by atoms with E-state index < -0.39 is 0 Å². The summed E-state index contributed by atoms with van der Waals surface area (Å²) in [6.45, 7) is 1.90. The number of hydrogen-bond donors (Lipinski definition) is 0. The van der Waals surface area contributed by atoms with Gasteiger partial charge in [-0.15, -0.1) is 0 Å². The van der Waals surface area contributed by atoms with Gasteiger partial charge in [0.15, 0.2) is 0 Å². The summed E-state index contributed by atoms with van der Waals surface area (Å²) in [4.78, 5) is 0. The van der Waals surface area contributed by atoms with Gasteiger partial charge in [0, 0.05) is 12.4 Å². The van der Waals surface area contributed by atoms with Crippen LogP contribution in [0.3, 0.4) is 0 Å². The van der Waals surface area contributed by atoms with Crippen molar-refractivity contribution in [2.45, 2.75) is 19.3 Å². The van der Waals surface area contributed by atoms with Gasteiger partial charge in [-0.2, -0.15) is 5.10 Å². The molecule has 0 aliphatic rings. The zero-order valence-electron chi connectivity index (χ0n) is 10.8.